The van der Waals surface area contributed by atoms with Crippen LogP contribution in [0.5, 0.6) is 0 Å². The molecule has 49 heavy (non-hydrogen) atoms. The number of rotatable bonds is 40. The van der Waals surface area contributed by atoms with Gasteiger partial charge >= 0.3 is 11.9 Å². The van der Waals surface area contributed by atoms with Crippen LogP contribution in [-0.4, -0.2) is 56.3 Å². The summed E-state index contributed by atoms with van der Waals surface area (Å²) in [4.78, 5) is 24.6. The predicted octanol–water partition coefficient (Wildman–Crippen LogP) is 13.5. The quantitative estimate of drug-likeness (QED) is 0.0364. The number of ether oxygens (including phenoxy) is 2. The Morgan fingerprint density at radius 3 is 0.837 bits per heavy atom. The zero-order valence-corrected chi connectivity index (χ0v) is 34.0. The topological polar surface area (TPSA) is 52.6 Å². The molecule has 0 saturated heterocycles. The minimum absolute atomic E-state index is 0.0623. The number of nitrogens with zero attached hydrogens (tertiary/aromatic N) is 1. The van der Waals surface area contributed by atoms with Crippen molar-refractivity contribution in [1.29, 1.82) is 0 Å². The van der Waals surface area contributed by atoms with Crippen molar-refractivity contribution in [2.24, 2.45) is 0 Å². The van der Waals surface area contributed by atoms with E-state index in [0.717, 1.165) is 56.2 Å². The molecule has 0 aromatic heterocycles. The Labute approximate surface area is 307 Å². The van der Waals surface area contributed by atoms with Gasteiger partial charge in [-0.15, -0.1) is 0 Å². The Hall–Kier alpha value is -1.10. The highest BCUT2D eigenvalue weighted by molar-refractivity contribution is 5.69. The van der Waals surface area contributed by atoms with Crippen LogP contribution >= 0.6 is 0 Å². The van der Waals surface area contributed by atoms with Gasteiger partial charge in [0.15, 0.2) is 0 Å². The molecule has 0 radical (unpaired) electrons. The molecule has 0 heterocycles. The third kappa shape index (κ3) is 36.5. The minimum atomic E-state index is -0.0623. The lowest BCUT2D eigenvalue weighted by atomic mass is 10.0. The van der Waals surface area contributed by atoms with E-state index in [1.165, 1.54) is 167 Å². The molecule has 0 aromatic carbocycles. The molecule has 0 fully saturated rings. The number of hydrogen-bond acceptors (Lipinski definition) is 4. The summed E-state index contributed by atoms with van der Waals surface area (Å²) in [7, 11) is 2.19. The maximum absolute atomic E-state index is 12.3. The molecule has 0 atom stereocenters. The number of quaternary nitrogens is 1. The van der Waals surface area contributed by atoms with Gasteiger partial charge in [-0.05, 0) is 19.3 Å². The molecule has 292 valence electrons. The number of carbonyl (C=O) groups excluding carboxylic acids is 2. The van der Waals surface area contributed by atoms with Gasteiger partial charge in [0.1, 0.15) is 26.3 Å². The Balaban J connectivity index is 3.68. The third-order valence-electron chi connectivity index (χ3n) is 10.5. The van der Waals surface area contributed by atoms with Crippen LogP contribution in [0.15, 0.2) is 0 Å². The fraction of sp³-hybridized carbons (Fsp3) is 0.955. The normalized spacial score (nSPS) is 11.7. The van der Waals surface area contributed by atoms with Crippen LogP contribution in [0.1, 0.15) is 233 Å². The lowest BCUT2D eigenvalue weighted by Gasteiger charge is -2.33. The van der Waals surface area contributed by atoms with Crippen LogP contribution in [0, 0.1) is 0 Å². The fourth-order valence-corrected chi connectivity index (χ4v) is 7.06. The van der Waals surface area contributed by atoms with Crippen molar-refractivity contribution in [3.8, 4) is 0 Å². The molecule has 0 aliphatic rings. The van der Waals surface area contributed by atoms with E-state index in [4.69, 9.17) is 9.47 Å². The highest BCUT2D eigenvalue weighted by Crippen LogP contribution is 2.16. The van der Waals surface area contributed by atoms with Crippen LogP contribution in [0.4, 0.5) is 0 Å². The van der Waals surface area contributed by atoms with E-state index in [0.29, 0.717) is 26.1 Å². The molecule has 5 nitrogen and oxygen atoms in total. The predicted molar refractivity (Wildman–Crippen MR) is 212 cm³/mol. The van der Waals surface area contributed by atoms with Crippen molar-refractivity contribution < 1.29 is 23.5 Å². The second kappa shape index (κ2) is 38.1. The molecule has 0 N–H and O–H groups in total. The van der Waals surface area contributed by atoms with E-state index in [1.807, 2.05) is 0 Å². The number of likely N-dealkylation sites (N-methyl/N-ethyl adjacent to an activating group) is 1. The summed E-state index contributed by atoms with van der Waals surface area (Å²) in [5.74, 6) is -0.125. The summed E-state index contributed by atoms with van der Waals surface area (Å²) < 4.78 is 12.0. The number of esters is 2. The lowest BCUT2D eigenvalue weighted by molar-refractivity contribution is -0.909. The zero-order valence-electron chi connectivity index (χ0n) is 34.0. The monoisotopic (exact) mass is 695 g/mol. The summed E-state index contributed by atoms with van der Waals surface area (Å²) in [6, 6.07) is 0. The molecule has 0 rings (SSSR count). The Morgan fingerprint density at radius 1 is 0.347 bits per heavy atom. The first kappa shape index (κ1) is 47.9. The van der Waals surface area contributed by atoms with Crippen LogP contribution in [0.2, 0.25) is 0 Å². The minimum Gasteiger partial charge on any atom is -0.460 e. The van der Waals surface area contributed by atoms with Crippen molar-refractivity contribution in [2.75, 3.05) is 39.9 Å². The standard InChI is InChI=1S/C44H88NO4/c1-5-8-10-12-14-16-18-20-22-24-26-28-30-32-34-36-43(46)48-41-39-45(4,38-7-3)40-42-49-44(47)37-35-33-31-29-27-25-23-21-19-17-15-13-11-9-6-2/h5-42H2,1-4H3/q+1. The van der Waals surface area contributed by atoms with Gasteiger partial charge in [0.25, 0.3) is 0 Å². The van der Waals surface area contributed by atoms with Gasteiger partial charge in [0.05, 0.1) is 13.6 Å². The lowest BCUT2D eigenvalue weighted by Crippen LogP contribution is -2.49. The number of hydrogen-bond donors (Lipinski definition) is 0. The summed E-state index contributed by atoms with van der Waals surface area (Å²) in [6.45, 7) is 10.2. The Bertz CT molecular complexity index is 644. The summed E-state index contributed by atoms with van der Waals surface area (Å²) in [5, 5.41) is 0. The van der Waals surface area contributed by atoms with Crippen molar-refractivity contribution in [1.82, 2.24) is 0 Å². The van der Waals surface area contributed by atoms with Gasteiger partial charge in [0.2, 0.25) is 0 Å². The van der Waals surface area contributed by atoms with Gasteiger partial charge in [-0.2, -0.15) is 0 Å². The molecular weight excluding hydrogens is 606 g/mol. The van der Waals surface area contributed by atoms with Gasteiger partial charge < -0.3 is 14.0 Å². The van der Waals surface area contributed by atoms with Gasteiger partial charge in [-0.25, -0.2) is 0 Å². The fourth-order valence-electron chi connectivity index (χ4n) is 7.06. The molecule has 0 bridgehead atoms. The van der Waals surface area contributed by atoms with Crippen LogP contribution in [0.3, 0.4) is 0 Å². The smallest absolute Gasteiger partial charge is 0.305 e. The van der Waals surface area contributed by atoms with Crippen molar-refractivity contribution in [3.05, 3.63) is 0 Å². The highest BCUT2D eigenvalue weighted by Gasteiger charge is 2.22. The maximum Gasteiger partial charge on any atom is 0.305 e. The van der Waals surface area contributed by atoms with Gasteiger partial charge in [-0.1, -0.05) is 201 Å². The molecule has 0 aliphatic carbocycles. The molecule has 0 saturated carbocycles. The molecular formula is C44H88NO4+. The van der Waals surface area contributed by atoms with Crippen LogP contribution in [-0.2, 0) is 19.1 Å². The first-order valence-corrected chi connectivity index (χ1v) is 22.1. The second-order valence-electron chi connectivity index (χ2n) is 15.6. The first-order chi connectivity index (χ1) is 24.0. The zero-order chi connectivity index (χ0) is 35.9. The summed E-state index contributed by atoms with van der Waals surface area (Å²) in [6.07, 6.45) is 42.0. The number of carbonyl (C=O) groups is 2. The summed E-state index contributed by atoms with van der Waals surface area (Å²) in [5.41, 5.74) is 0. The molecule has 0 unspecified atom stereocenters. The van der Waals surface area contributed by atoms with E-state index in [1.54, 1.807) is 0 Å². The molecule has 0 amide bonds. The molecule has 0 spiro atoms. The van der Waals surface area contributed by atoms with Gasteiger partial charge in [-0.3, -0.25) is 9.59 Å². The molecule has 0 aliphatic heterocycles. The van der Waals surface area contributed by atoms with E-state index in [2.05, 4.69) is 27.8 Å². The number of unbranched alkanes of at least 4 members (excludes halogenated alkanes) is 28. The van der Waals surface area contributed by atoms with Gasteiger partial charge in [0, 0.05) is 12.8 Å². The van der Waals surface area contributed by atoms with Crippen LogP contribution in [0.25, 0.3) is 0 Å². The second-order valence-corrected chi connectivity index (χ2v) is 15.6. The highest BCUT2D eigenvalue weighted by atomic mass is 16.5. The third-order valence-corrected chi connectivity index (χ3v) is 10.5. The molecule has 5 heteroatoms. The van der Waals surface area contributed by atoms with Crippen LogP contribution < -0.4 is 0 Å². The van der Waals surface area contributed by atoms with E-state index in [9.17, 15) is 9.59 Å². The summed E-state index contributed by atoms with van der Waals surface area (Å²) >= 11 is 0. The first-order valence-electron chi connectivity index (χ1n) is 22.1. The van der Waals surface area contributed by atoms with E-state index in [-0.39, 0.29) is 11.9 Å². The van der Waals surface area contributed by atoms with E-state index >= 15 is 0 Å². The molecule has 0 aromatic rings. The van der Waals surface area contributed by atoms with E-state index < -0.39 is 0 Å². The average molecular weight is 695 g/mol. The Kier molecular flexibility index (Phi) is 37.3. The maximum atomic E-state index is 12.3. The SMILES string of the molecule is CCCCCCCCCCCCCCCCCC(=O)OCC[N+](C)(CCC)CCOC(=O)CCCCCCCCCCCCCCCCC. The van der Waals surface area contributed by atoms with Crippen molar-refractivity contribution in [3.63, 3.8) is 0 Å². The Morgan fingerprint density at radius 2 is 0.592 bits per heavy atom. The van der Waals surface area contributed by atoms with Crippen molar-refractivity contribution in [2.45, 2.75) is 233 Å². The largest absolute Gasteiger partial charge is 0.460 e. The van der Waals surface area contributed by atoms with Crippen molar-refractivity contribution >= 4 is 11.9 Å². The average Bonchev–Trinajstić information content (AvgIpc) is 3.08.